The first-order valence-corrected chi connectivity index (χ1v) is 33.8. The van der Waals surface area contributed by atoms with Crippen LogP contribution in [0.1, 0.15) is 114 Å². The summed E-state index contributed by atoms with van der Waals surface area (Å²) in [5.74, 6) is -9.69. The summed E-state index contributed by atoms with van der Waals surface area (Å²) in [6.07, 6.45) is 2.57. The maximum Gasteiger partial charge on any atom is 0.245 e. The van der Waals surface area contributed by atoms with E-state index >= 15 is 0 Å². The van der Waals surface area contributed by atoms with Crippen LogP contribution in [0.4, 0.5) is 0 Å². The Labute approximate surface area is 563 Å². The number of primary amides is 3. The van der Waals surface area contributed by atoms with Gasteiger partial charge < -0.3 is 86.1 Å². The molecule has 0 spiro atoms. The van der Waals surface area contributed by atoms with E-state index in [2.05, 4.69) is 42.5 Å². The van der Waals surface area contributed by atoms with Gasteiger partial charge >= 0.3 is 0 Å². The van der Waals surface area contributed by atoms with Gasteiger partial charge in [0.2, 0.25) is 76.8 Å². The largest absolute Gasteiger partial charge is 0.508 e. The number of aromatic hydroxyl groups is 1. The molecule has 96 heavy (non-hydrogen) atoms. The van der Waals surface area contributed by atoms with Gasteiger partial charge in [-0.3, -0.25) is 62.3 Å². The highest BCUT2D eigenvalue weighted by Gasteiger charge is 2.42. The van der Waals surface area contributed by atoms with E-state index in [0.717, 1.165) is 0 Å². The molecule has 3 aromatic carbocycles. The fourth-order valence-corrected chi connectivity index (χ4v) is 11.8. The first-order chi connectivity index (χ1) is 45.8. The molecule has 2 fully saturated rings. The molecule has 0 saturated carbocycles. The molecule has 0 radical (unpaired) electrons. The molecule has 2 aliphatic heterocycles. The second-order valence-corrected chi connectivity index (χ2v) is 25.5. The van der Waals surface area contributed by atoms with Crippen molar-refractivity contribution >= 4 is 88.6 Å². The zero-order valence-electron chi connectivity index (χ0n) is 54.7. The molecule has 524 valence electrons. The van der Waals surface area contributed by atoms with Crippen LogP contribution in [0, 0.1) is 5.92 Å². The Kier molecular flexibility index (Phi) is 32.0. The number of amides is 13. The zero-order chi connectivity index (χ0) is 70.4. The average molecular weight is 1350 g/mol. The quantitative estimate of drug-likeness (QED) is 0.0279. The second-order valence-electron chi connectivity index (χ2n) is 24.5. The highest BCUT2D eigenvalue weighted by Crippen LogP contribution is 2.24. The lowest BCUT2D eigenvalue weighted by Gasteiger charge is -2.32. The van der Waals surface area contributed by atoms with Crippen molar-refractivity contribution in [3.8, 4) is 5.75 Å². The fourth-order valence-electron chi connectivity index (χ4n) is 11.4. The summed E-state index contributed by atoms with van der Waals surface area (Å²) in [7, 11) is 0. The Balaban J connectivity index is 1.33. The maximum absolute atomic E-state index is 14.7. The van der Waals surface area contributed by atoms with Crippen molar-refractivity contribution < 1.29 is 67.4 Å². The lowest BCUT2D eigenvalue weighted by molar-refractivity contribution is -0.144. The van der Waals surface area contributed by atoms with E-state index in [9.17, 15) is 67.4 Å². The van der Waals surface area contributed by atoms with Crippen molar-refractivity contribution in [2.45, 2.75) is 177 Å². The number of thioether (sulfide) groups is 1. The Morgan fingerprint density at radius 2 is 0.979 bits per heavy atom. The minimum absolute atomic E-state index is 0.0451. The number of carbonyl (C=O) groups is 13. The van der Waals surface area contributed by atoms with Crippen LogP contribution in [0.2, 0.25) is 0 Å². The molecule has 0 aliphatic carbocycles. The molecule has 19 N–H and O–H groups in total. The van der Waals surface area contributed by atoms with Gasteiger partial charge in [0.25, 0.3) is 0 Å². The Morgan fingerprint density at radius 3 is 1.48 bits per heavy atom. The molecule has 0 aromatic heterocycles. The summed E-state index contributed by atoms with van der Waals surface area (Å²) in [5, 5.41) is 30.8. The smallest absolute Gasteiger partial charge is 0.245 e. The molecule has 5 rings (SSSR count). The lowest BCUT2D eigenvalue weighted by atomic mass is 10.0. The van der Waals surface area contributed by atoms with E-state index in [1.807, 2.05) is 20.1 Å². The van der Waals surface area contributed by atoms with Crippen molar-refractivity contribution in [3.05, 3.63) is 102 Å². The van der Waals surface area contributed by atoms with Crippen molar-refractivity contribution in [3.63, 3.8) is 0 Å². The molecule has 0 bridgehead atoms. The topological polar surface area (TPSA) is 475 Å². The predicted octanol–water partition coefficient (Wildman–Crippen LogP) is -1.82. The van der Waals surface area contributed by atoms with Gasteiger partial charge in [-0.1, -0.05) is 86.6 Å². The van der Waals surface area contributed by atoms with Gasteiger partial charge in [-0.25, -0.2) is 0 Å². The van der Waals surface area contributed by atoms with Crippen LogP contribution in [0.15, 0.2) is 84.9 Å². The summed E-state index contributed by atoms with van der Waals surface area (Å²) >= 11 is 1.45. The first-order valence-electron chi connectivity index (χ1n) is 32.4. The minimum Gasteiger partial charge on any atom is -0.508 e. The van der Waals surface area contributed by atoms with Gasteiger partial charge in [0.1, 0.15) is 60.1 Å². The lowest BCUT2D eigenvalue weighted by Crippen LogP contribution is -2.60. The number of phenols is 1. The predicted molar refractivity (Wildman–Crippen MR) is 357 cm³/mol. The standard InChI is InChI=1S/C66H95N15O14S/c1-39(2)34-49(61(90)74-45(57(71)86)29-33-96-3)73-56(85)38-72-58(87)50(36-40-14-6-4-7-15-40)78-62(91)51(37-41-16-8-5-9-17-41)79-60(89)46(25-27-54(69)83)75-59(88)47(26-28-55(70)84)76-63(92)53-20-13-32-81(53)66(95)48(18-10-11-30-67)77-64(93)52-19-12-31-80(52)65(94)44(68)35-42-21-23-43(82)24-22-42/h4-9,14-17,21-24,39,44-53,82H,10-13,18-20,25-38,67-68H2,1-3H3,(H2,69,83)(H2,70,84)(H2,71,86)(H,72,87)(H,73,85)(H,74,90)(H,75,88)(H,76,92)(H,77,93)(H,78,91)(H,79,89)/t44-,45-,46-,47-,48-,49-,50-,51-,52-,53-/m0/s1. The van der Waals surface area contributed by atoms with Crippen LogP contribution in [0.5, 0.6) is 5.75 Å². The number of likely N-dealkylation sites (tertiary alicyclic amines) is 2. The maximum atomic E-state index is 14.7. The van der Waals surface area contributed by atoms with Gasteiger partial charge in [0.15, 0.2) is 0 Å². The average Bonchev–Trinajstić information content (AvgIpc) is 1.65. The molecule has 2 heterocycles. The Morgan fingerprint density at radius 1 is 0.521 bits per heavy atom. The van der Waals surface area contributed by atoms with Gasteiger partial charge in [-0.2, -0.15) is 11.8 Å². The molecular formula is C66H95N15O14S. The van der Waals surface area contributed by atoms with Crippen molar-refractivity contribution in [1.82, 2.24) is 52.3 Å². The number of unbranched alkanes of at least 4 members (excludes halogenated alkanes) is 1. The van der Waals surface area contributed by atoms with Crippen molar-refractivity contribution in [1.29, 1.82) is 0 Å². The SMILES string of the molecule is CSCC[C@H](NC(=O)[C@H](CC(C)C)NC(=O)CNC(=O)[C@H](Cc1ccccc1)NC(=O)[C@H](Cc1ccccc1)NC(=O)[C@H](CCC(N)=O)NC(=O)[C@H](CCC(N)=O)NC(=O)[C@@H]1CCCN1C(=O)[C@H](CCCCN)NC(=O)[C@@H]1CCCN1C(=O)[C@@H](N)Cc1ccc(O)cc1)C(N)=O. The van der Waals surface area contributed by atoms with Gasteiger partial charge in [-0.05, 0) is 130 Å². The summed E-state index contributed by atoms with van der Waals surface area (Å²) in [4.78, 5) is 181. The Bertz CT molecular complexity index is 3150. The van der Waals surface area contributed by atoms with Crippen LogP contribution >= 0.6 is 11.8 Å². The van der Waals surface area contributed by atoms with Crippen LogP contribution < -0.4 is 71.2 Å². The van der Waals surface area contributed by atoms with Crippen molar-refractivity contribution in [2.75, 3.05) is 38.2 Å². The monoisotopic (exact) mass is 1350 g/mol. The molecular weight excluding hydrogens is 1260 g/mol. The number of benzene rings is 3. The number of hydrogen-bond donors (Lipinski definition) is 14. The molecule has 0 unspecified atom stereocenters. The summed E-state index contributed by atoms with van der Waals surface area (Å²) < 4.78 is 0. The van der Waals surface area contributed by atoms with Gasteiger partial charge in [0, 0.05) is 38.8 Å². The second kappa shape index (κ2) is 39.6. The van der Waals surface area contributed by atoms with Crippen LogP contribution in [0.25, 0.3) is 0 Å². The van der Waals surface area contributed by atoms with E-state index in [1.54, 1.807) is 72.8 Å². The van der Waals surface area contributed by atoms with E-state index < -0.39 is 169 Å². The highest BCUT2D eigenvalue weighted by molar-refractivity contribution is 7.98. The molecule has 2 aliphatic rings. The van der Waals surface area contributed by atoms with Crippen LogP contribution in [0.3, 0.4) is 0 Å². The van der Waals surface area contributed by atoms with Crippen molar-refractivity contribution in [2.24, 2.45) is 34.6 Å². The zero-order valence-corrected chi connectivity index (χ0v) is 55.5. The molecule has 30 heteroatoms. The van der Waals surface area contributed by atoms with E-state index in [0.29, 0.717) is 54.5 Å². The summed E-state index contributed by atoms with van der Waals surface area (Å²) in [6, 6.07) is 10.6. The molecule has 13 amide bonds. The molecule has 29 nitrogen and oxygen atoms in total. The number of carbonyl (C=O) groups excluding carboxylic acids is 13. The number of phenolic OH excluding ortho intramolecular Hbond substituents is 1. The number of rotatable bonds is 40. The normalized spacial score (nSPS) is 16.8. The highest BCUT2D eigenvalue weighted by atomic mass is 32.2. The summed E-state index contributed by atoms with van der Waals surface area (Å²) in [5.41, 5.74) is 30.6. The third kappa shape index (κ3) is 25.5. The number of nitrogens with zero attached hydrogens (tertiary/aromatic N) is 2. The number of nitrogens with two attached hydrogens (primary N) is 5. The van der Waals surface area contributed by atoms with E-state index in [-0.39, 0.29) is 76.2 Å². The molecule has 3 aromatic rings. The Hall–Kier alpha value is -9.16. The summed E-state index contributed by atoms with van der Waals surface area (Å²) in [6.45, 7) is 3.60. The molecule has 10 atom stereocenters. The van der Waals surface area contributed by atoms with E-state index in [4.69, 9.17) is 28.7 Å². The van der Waals surface area contributed by atoms with Crippen LogP contribution in [-0.4, -0.2) is 190 Å². The minimum atomic E-state index is -1.65. The fraction of sp³-hybridized carbons (Fsp3) is 0.530. The molecule has 2 saturated heterocycles. The van der Waals surface area contributed by atoms with Crippen LogP contribution in [-0.2, 0) is 81.6 Å². The first kappa shape index (κ1) is 77.5. The third-order valence-corrected chi connectivity index (χ3v) is 17.1. The van der Waals surface area contributed by atoms with Gasteiger partial charge in [-0.15, -0.1) is 0 Å². The number of nitrogens with one attached hydrogen (secondary N) is 8. The third-order valence-electron chi connectivity index (χ3n) is 16.5. The van der Waals surface area contributed by atoms with Gasteiger partial charge in [0.05, 0.1) is 12.6 Å². The van der Waals surface area contributed by atoms with E-state index in [1.165, 1.54) is 33.7 Å². The number of hydrogen-bond acceptors (Lipinski definition) is 17.